The Morgan fingerprint density at radius 1 is 1.00 bits per heavy atom. The van der Waals surface area contributed by atoms with E-state index >= 15 is 0 Å². The van der Waals surface area contributed by atoms with Crippen molar-refractivity contribution in [2.24, 2.45) is 5.41 Å². The SMILES string of the molecule is [CH2-]C(C)(C)Cc1c(-c2cc(N3CCN4CCOC[C@@H]4C3)cnc2[C@H](C)OC)n(CC)c2ccc(N3CCO[C@@H](C[C@H](NC(=O)OC(C)(C)C)C(=O)N4CCC[C@@H](C(=O)OC)N4)C3)cc12.[Co]. The standard InChI is InChI=1S/C48H71N8O8.Co/c1-11-55-41-15-14-32(54-20-22-63-35(29-54)25-40(50-46(59)64-48(6,7)8)44(57)56-16-12-13-39(51-56)45(58)61-10)23-36(41)38(26-47(3,4)5)43(55)37-24-33(27-49-42(37)31(2)60-9)53-18-17-52-19-21-62-30-34(52)28-53;/h14-15,23-24,27,31,34-35,39-40,51H,3,11-13,16-22,25-26,28-30H2,1-2,4-10H3,(H,50,59);/q-1;/t31-,34-,35-,39-,40-;/m0./s1. The van der Waals surface area contributed by atoms with Crippen molar-refractivity contribution >= 4 is 40.2 Å². The second kappa shape index (κ2) is 21.3. The molecule has 2 aromatic heterocycles. The molecule has 4 fully saturated rings. The third-order valence-electron chi connectivity index (χ3n) is 12.8. The van der Waals surface area contributed by atoms with Crippen LogP contribution in [0.25, 0.3) is 22.2 Å². The maximum absolute atomic E-state index is 14.2. The van der Waals surface area contributed by atoms with Gasteiger partial charge in [0.25, 0.3) is 5.91 Å². The molecular formula is C48H71CoN8O8-. The third-order valence-corrected chi connectivity index (χ3v) is 12.8. The Labute approximate surface area is 395 Å². The van der Waals surface area contributed by atoms with Crippen LogP contribution in [0.15, 0.2) is 30.5 Å². The summed E-state index contributed by atoms with van der Waals surface area (Å²) in [7, 11) is 3.06. The van der Waals surface area contributed by atoms with E-state index in [1.807, 2.05) is 6.20 Å². The van der Waals surface area contributed by atoms with Crippen molar-refractivity contribution in [1.29, 1.82) is 0 Å². The molecule has 2 amide bonds. The van der Waals surface area contributed by atoms with Gasteiger partial charge in [0.05, 0.1) is 68.5 Å². The zero-order valence-corrected chi connectivity index (χ0v) is 40.9. The summed E-state index contributed by atoms with van der Waals surface area (Å²) in [6.45, 7) is 26.5. The van der Waals surface area contributed by atoms with E-state index in [2.05, 4.69) is 88.9 Å². The number of alkyl carbamates (subject to hydrolysis) is 1. The molecule has 16 nitrogen and oxygen atoms in total. The fourth-order valence-electron chi connectivity index (χ4n) is 9.62. The number of aromatic nitrogens is 2. The summed E-state index contributed by atoms with van der Waals surface area (Å²) in [5.74, 6) is -0.818. The van der Waals surface area contributed by atoms with Gasteiger partial charge in [0.15, 0.2) is 0 Å². The number of benzene rings is 1. The fourth-order valence-corrected chi connectivity index (χ4v) is 9.62. The van der Waals surface area contributed by atoms with Crippen molar-refractivity contribution in [3.63, 3.8) is 0 Å². The minimum absolute atomic E-state index is 0. The van der Waals surface area contributed by atoms with Crippen LogP contribution in [0.4, 0.5) is 16.2 Å². The van der Waals surface area contributed by atoms with Gasteiger partial charge >= 0.3 is 12.1 Å². The number of hydrogen-bond donors (Lipinski definition) is 2. The van der Waals surface area contributed by atoms with Crippen LogP contribution in [0.2, 0.25) is 0 Å². The number of aryl methyl sites for hydroxylation is 1. The summed E-state index contributed by atoms with van der Waals surface area (Å²) in [5.41, 5.74) is 9.54. The zero-order chi connectivity index (χ0) is 45.9. The molecule has 7 rings (SSSR count). The average molecular weight is 947 g/mol. The van der Waals surface area contributed by atoms with E-state index in [-0.39, 0.29) is 40.6 Å². The molecule has 4 aliphatic rings. The van der Waals surface area contributed by atoms with E-state index in [4.69, 9.17) is 28.7 Å². The number of rotatable bonds is 13. The molecule has 65 heavy (non-hydrogen) atoms. The number of nitrogens with one attached hydrogen (secondary N) is 2. The molecular weight excluding hydrogens is 876 g/mol. The van der Waals surface area contributed by atoms with Gasteiger partial charge in [0.2, 0.25) is 0 Å². The molecule has 0 bridgehead atoms. The van der Waals surface area contributed by atoms with Gasteiger partial charge in [-0.1, -0.05) is 13.8 Å². The largest absolute Gasteiger partial charge is 0.468 e. The Morgan fingerprint density at radius 2 is 1.77 bits per heavy atom. The number of pyridine rings is 1. The minimum atomic E-state index is -0.980. The van der Waals surface area contributed by atoms with Crippen molar-refractivity contribution in [2.45, 2.75) is 117 Å². The second-order valence-corrected chi connectivity index (χ2v) is 19.5. The Balaban J connectivity index is 0.00000700. The van der Waals surface area contributed by atoms with Crippen LogP contribution in [0.3, 0.4) is 0 Å². The molecule has 6 heterocycles. The first-order valence-electron chi connectivity index (χ1n) is 23.1. The Kier molecular flexibility index (Phi) is 16.5. The number of hydrazine groups is 1. The molecule has 2 N–H and O–H groups in total. The van der Waals surface area contributed by atoms with E-state index in [1.165, 1.54) is 17.7 Å². The number of amides is 2. The zero-order valence-electron chi connectivity index (χ0n) is 39.9. The number of nitrogens with zero attached hydrogens (tertiary/aromatic N) is 6. The summed E-state index contributed by atoms with van der Waals surface area (Å²) < 4.78 is 31.1. The van der Waals surface area contributed by atoms with Gasteiger partial charge < -0.3 is 50.3 Å². The Hall–Kier alpha value is -3.97. The number of anilines is 2. The smallest absolute Gasteiger partial charge is 0.408 e. The van der Waals surface area contributed by atoms with Crippen molar-refractivity contribution in [3.8, 4) is 11.3 Å². The van der Waals surface area contributed by atoms with Crippen LogP contribution in [0.5, 0.6) is 0 Å². The minimum Gasteiger partial charge on any atom is -0.468 e. The van der Waals surface area contributed by atoms with Crippen LogP contribution in [-0.4, -0.2) is 147 Å². The number of hydrogen-bond acceptors (Lipinski definition) is 13. The molecule has 0 spiro atoms. The van der Waals surface area contributed by atoms with Gasteiger partial charge in [0, 0.05) is 105 Å². The second-order valence-electron chi connectivity index (χ2n) is 19.5. The average Bonchev–Trinajstić information content (AvgIpc) is 3.57. The van der Waals surface area contributed by atoms with Crippen LogP contribution >= 0.6 is 0 Å². The molecule has 0 saturated carbocycles. The number of piperazine rings is 1. The monoisotopic (exact) mass is 946 g/mol. The number of ether oxygens (including phenoxy) is 5. The van der Waals surface area contributed by atoms with E-state index in [0.29, 0.717) is 45.1 Å². The van der Waals surface area contributed by atoms with Gasteiger partial charge in [0.1, 0.15) is 17.7 Å². The summed E-state index contributed by atoms with van der Waals surface area (Å²) in [6, 6.07) is 7.72. The van der Waals surface area contributed by atoms with Gasteiger partial charge in [-0.2, -0.15) is 5.41 Å². The maximum Gasteiger partial charge on any atom is 0.408 e. The molecule has 3 aromatic rings. The predicted molar refractivity (Wildman–Crippen MR) is 247 cm³/mol. The third kappa shape index (κ3) is 12.0. The molecule has 1 aromatic carbocycles. The molecule has 0 aliphatic carbocycles. The molecule has 4 aliphatic heterocycles. The van der Waals surface area contributed by atoms with Gasteiger partial charge in [-0.3, -0.25) is 24.5 Å². The summed E-state index contributed by atoms with van der Waals surface area (Å²) in [4.78, 5) is 52.2. The van der Waals surface area contributed by atoms with E-state index in [9.17, 15) is 14.4 Å². The topological polar surface area (TPSA) is 152 Å². The first-order chi connectivity index (χ1) is 30.5. The molecule has 0 unspecified atom stereocenters. The molecule has 17 heteroatoms. The molecule has 5 atom stereocenters. The van der Waals surface area contributed by atoms with Crippen LogP contribution in [0, 0.1) is 12.3 Å². The number of esters is 1. The van der Waals surface area contributed by atoms with Crippen molar-refractivity contribution in [3.05, 3.63) is 48.6 Å². The first-order valence-corrected chi connectivity index (χ1v) is 23.1. The maximum atomic E-state index is 14.2. The Morgan fingerprint density at radius 3 is 2.48 bits per heavy atom. The van der Waals surface area contributed by atoms with E-state index < -0.39 is 35.9 Å². The van der Waals surface area contributed by atoms with Crippen molar-refractivity contribution < 1.29 is 54.8 Å². The van der Waals surface area contributed by atoms with Crippen LogP contribution < -0.4 is 20.5 Å². The summed E-state index contributed by atoms with van der Waals surface area (Å²) in [6.07, 6.45) is 2.72. The number of morpholine rings is 2. The molecule has 4 saturated heterocycles. The first kappa shape index (κ1) is 50.4. The number of methoxy groups -OCH3 is 2. The number of carbonyl (C=O) groups excluding carboxylic acids is 3. The van der Waals surface area contributed by atoms with Gasteiger partial charge in [-0.25, -0.2) is 10.2 Å². The molecule has 361 valence electrons. The summed E-state index contributed by atoms with van der Waals surface area (Å²) in [5, 5.41) is 5.40. The quantitative estimate of drug-likeness (QED) is 0.164. The number of fused-ring (bicyclic) bond motifs is 2. The van der Waals surface area contributed by atoms with Crippen LogP contribution in [0.1, 0.15) is 85.1 Å². The number of carbonyl (C=O) groups is 3. The fraction of sp³-hybridized carbons (Fsp3) is 0.646. The molecule has 1 radical (unpaired) electrons. The van der Waals surface area contributed by atoms with E-state index in [0.717, 1.165) is 91.6 Å². The van der Waals surface area contributed by atoms with Crippen molar-refractivity contribution in [1.82, 2.24) is 30.2 Å². The van der Waals surface area contributed by atoms with Gasteiger partial charge in [-0.15, -0.1) is 0 Å². The summed E-state index contributed by atoms with van der Waals surface area (Å²) >= 11 is 0. The van der Waals surface area contributed by atoms with E-state index in [1.54, 1.807) is 27.9 Å². The van der Waals surface area contributed by atoms with Gasteiger partial charge in [-0.05, 0) is 83.7 Å². The van der Waals surface area contributed by atoms with Crippen LogP contribution in [-0.2, 0) is 63.0 Å². The predicted octanol–water partition coefficient (Wildman–Crippen LogP) is 5.51. The Bertz CT molecular complexity index is 2140. The normalized spacial score (nSPS) is 21.9. The van der Waals surface area contributed by atoms with Crippen molar-refractivity contribution in [2.75, 3.05) is 89.7 Å².